The molecule has 0 saturated heterocycles. The molecular weight excluding hydrogens is 357 g/mol. The molecule has 0 bridgehead atoms. The first-order valence-corrected chi connectivity index (χ1v) is 8.32. The summed E-state index contributed by atoms with van der Waals surface area (Å²) in [6, 6.07) is 6.50. The van der Waals surface area contributed by atoms with Crippen LogP contribution in [0.3, 0.4) is 0 Å². The molecule has 2 N–H and O–H groups in total. The molecule has 126 valence electrons. The van der Waals surface area contributed by atoms with Crippen molar-refractivity contribution in [2.45, 2.75) is 31.5 Å². The molecule has 0 aliphatic rings. The summed E-state index contributed by atoms with van der Waals surface area (Å²) in [6.45, 7) is 4.16. The fraction of sp³-hybridized carbons (Fsp3) is 0.400. The third-order valence-electron chi connectivity index (χ3n) is 2.96. The predicted molar refractivity (Wildman–Crippen MR) is 94.4 cm³/mol. The number of hydrogen-bond acceptors (Lipinski definition) is 6. The molecule has 8 heteroatoms. The second-order valence-electron chi connectivity index (χ2n) is 5.36. The van der Waals surface area contributed by atoms with Crippen LogP contribution >= 0.6 is 35.8 Å². The van der Waals surface area contributed by atoms with Gasteiger partial charge in [-0.15, -0.1) is 22.6 Å². The molecule has 1 unspecified atom stereocenters. The van der Waals surface area contributed by atoms with Crippen molar-refractivity contribution in [2.24, 2.45) is 11.7 Å². The average molecular weight is 376 g/mol. The molecule has 0 fully saturated rings. The van der Waals surface area contributed by atoms with Gasteiger partial charge in [0.05, 0.1) is 11.8 Å². The Kier molecular flexibility index (Phi) is 8.05. The normalized spacial score (nSPS) is 12.0. The second-order valence-corrected chi connectivity index (χ2v) is 6.72. The smallest absolute Gasteiger partial charge is 0.277 e. The SMILES string of the molecule is CC(C)CC(N)c1nnc(SCC(=O)c2ccc(Cl)cc2)o1.Cl. The molecule has 1 atom stereocenters. The van der Waals surface area contributed by atoms with Gasteiger partial charge in [0.25, 0.3) is 5.22 Å². The zero-order valence-electron chi connectivity index (χ0n) is 12.9. The van der Waals surface area contributed by atoms with E-state index in [4.69, 9.17) is 21.8 Å². The van der Waals surface area contributed by atoms with Crippen LogP contribution in [0.5, 0.6) is 0 Å². The summed E-state index contributed by atoms with van der Waals surface area (Å²) in [4.78, 5) is 12.0. The van der Waals surface area contributed by atoms with Gasteiger partial charge in [-0.05, 0) is 36.6 Å². The average Bonchev–Trinajstić information content (AvgIpc) is 2.94. The molecule has 1 aromatic heterocycles. The highest BCUT2D eigenvalue weighted by atomic mass is 35.5. The zero-order chi connectivity index (χ0) is 16.1. The van der Waals surface area contributed by atoms with Crippen molar-refractivity contribution in [1.82, 2.24) is 10.2 Å². The Bertz CT molecular complexity index is 632. The summed E-state index contributed by atoms with van der Waals surface area (Å²) in [5, 5.41) is 8.82. The summed E-state index contributed by atoms with van der Waals surface area (Å²) >= 11 is 7.00. The monoisotopic (exact) mass is 375 g/mol. The molecule has 5 nitrogen and oxygen atoms in total. The fourth-order valence-electron chi connectivity index (χ4n) is 1.88. The summed E-state index contributed by atoms with van der Waals surface area (Å²) < 4.78 is 5.49. The zero-order valence-corrected chi connectivity index (χ0v) is 15.2. The molecular formula is C15H19Cl2N3O2S. The topological polar surface area (TPSA) is 82.0 Å². The van der Waals surface area contributed by atoms with Crippen molar-refractivity contribution in [2.75, 3.05) is 5.75 Å². The molecule has 1 heterocycles. The summed E-state index contributed by atoms with van der Waals surface area (Å²) in [5.41, 5.74) is 6.59. The lowest BCUT2D eigenvalue weighted by Crippen LogP contribution is -2.13. The van der Waals surface area contributed by atoms with Crippen LogP contribution < -0.4 is 5.73 Å². The molecule has 1 aromatic carbocycles. The minimum atomic E-state index is -0.270. The Morgan fingerprint density at radius 2 is 1.96 bits per heavy atom. The molecule has 2 aromatic rings. The molecule has 0 spiro atoms. The van der Waals surface area contributed by atoms with Gasteiger partial charge in [-0.3, -0.25) is 4.79 Å². The predicted octanol–water partition coefficient (Wildman–Crippen LogP) is 4.17. The van der Waals surface area contributed by atoms with E-state index < -0.39 is 0 Å². The van der Waals surface area contributed by atoms with E-state index in [-0.39, 0.29) is 30.0 Å². The van der Waals surface area contributed by atoms with E-state index in [1.807, 2.05) is 0 Å². The molecule has 0 aliphatic carbocycles. The molecule has 23 heavy (non-hydrogen) atoms. The van der Waals surface area contributed by atoms with Gasteiger partial charge in [-0.1, -0.05) is 37.2 Å². The van der Waals surface area contributed by atoms with Crippen LogP contribution in [0, 0.1) is 5.92 Å². The van der Waals surface area contributed by atoms with E-state index in [0.29, 0.717) is 27.6 Å². The highest BCUT2D eigenvalue weighted by molar-refractivity contribution is 7.99. The number of benzene rings is 1. The summed E-state index contributed by atoms with van der Waals surface area (Å²) in [7, 11) is 0. The van der Waals surface area contributed by atoms with Gasteiger partial charge < -0.3 is 10.2 Å². The van der Waals surface area contributed by atoms with Gasteiger partial charge in [0.15, 0.2) is 5.78 Å². The third kappa shape index (κ3) is 6.14. The largest absolute Gasteiger partial charge is 0.414 e. The van der Waals surface area contributed by atoms with E-state index in [0.717, 1.165) is 6.42 Å². The number of rotatable bonds is 7. The number of halogens is 2. The van der Waals surface area contributed by atoms with E-state index in [2.05, 4.69) is 24.0 Å². The van der Waals surface area contributed by atoms with Crippen molar-refractivity contribution in [1.29, 1.82) is 0 Å². The highest BCUT2D eigenvalue weighted by Crippen LogP contribution is 2.23. The highest BCUT2D eigenvalue weighted by Gasteiger charge is 2.17. The van der Waals surface area contributed by atoms with Gasteiger partial charge in [-0.2, -0.15) is 0 Å². The van der Waals surface area contributed by atoms with Crippen LogP contribution in [0.25, 0.3) is 0 Å². The third-order valence-corrected chi connectivity index (χ3v) is 4.03. The molecule has 0 saturated carbocycles. The number of nitrogens with two attached hydrogens (primary N) is 1. The Balaban J connectivity index is 0.00000264. The number of ketones is 1. The minimum Gasteiger partial charge on any atom is -0.414 e. The van der Waals surface area contributed by atoms with Crippen molar-refractivity contribution < 1.29 is 9.21 Å². The van der Waals surface area contributed by atoms with Crippen LogP contribution in [0.4, 0.5) is 0 Å². The Morgan fingerprint density at radius 1 is 1.30 bits per heavy atom. The number of hydrogen-bond donors (Lipinski definition) is 1. The first-order chi connectivity index (χ1) is 10.5. The van der Waals surface area contributed by atoms with E-state index >= 15 is 0 Å². The van der Waals surface area contributed by atoms with Crippen LogP contribution in [0.2, 0.25) is 5.02 Å². The van der Waals surface area contributed by atoms with Gasteiger partial charge >= 0.3 is 0 Å². The van der Waals surface area contributed by atoms with E-state index in [1.54, 1.807) is 24.3 Å². The van der Waals surface area contributed by atoms with Crippen LogP contribution in [-0.2, 0) is 0 Å². The maximum Gasteiger partial charge on any atom is 0.277 e. The lowest BCUT2D eigenvalue weighted by Gasteiger charge is -2.08. The Labute approximate surface area is 150 Å². The molecule has 0 amide bonds. The number of thioether (sulfide) groups is 1. The van der Waals surface area contributed by atoms with Crippen molar-refractivity contribution in [3.05, 3.63) is 40.7 Å². The molecule has 2 rings (SSSR count). The van der Waals surface area contributed by atoms with Gasteiger partial charge in [-0.25, -0.2) is 0 Å². The number of Topliss-reactive ketones (excluding diaryl/α,β-unsaturated/α-hetero) is 1. The Hall–Kier alpha value is -1.08. The summed E-state index contributed by atoms with van der Waals surface area (Å²) in [5.74, 6) is 1.07. The second kappa shape index (κ2) is 9.27. The number of nitrogens with zero attached hydrogens (tertiary/aromatic N) is 2. The molecule has 0 radical (unpaired) electrons. The minimum absolute atomic E-state index is 0. The van der Waals surface area contributed by atoms with Crippen LogP contribution in [0.1, 0.15) is 42.6 Å². The van der Waals surface area contributed by atoms with Gasteiger partial charge in [0, 0.05) is 10.6 Å². The standard InChI is InChI=1S/C15H18ClN3O2S.ClH/c1-9(2)7-12(17)14-18-19-15(21-14)22-8-13(20)10-3-5-11(16)6-4-10;/h3-6,9,12H,7-8,17H2,1-2H3;1H. The van der Waals surface area contributed by atoms with Crippen LogP contribution in [-0.4, -0.2) is 21.7 Å². The fourth-order valence-corrected chi connectivity index (χ4v) is 2.67. The van der Waals surface area contributed by atoms with Gasteiger partial charge in [0.1, 0.15) is 0 Å². The number of carbonyl (C=O) groups excluding carboxylic acids is 1. The summed E-state index contributed by atoms with van der Waals surface area (Å²) in [6.07, 6.45) is 0.774. The first kappa shape index (κ1) is 20.0. The van der Waals surface area contributed by atoms with E-state index in [1.165, 1.54) is 11.8 Å². The number of aromatic nitrogens is 2. The first-order valence-electron chi connectivity index (χ1n) is 6.96. The van der Waals surface area contributed by atoms with Crippen molar-refractivity contribution >= 4 is 41.6 Å². The van der Waals surface area contributed by atoms with Crippen LogP contribution in [0.15, 0.2) is 33.9 Å². The van der Waals surface area contributed by atoms with Gasteiger partial charge in [0.2, 0.25) is 5.89 Å². The maximum absolute atomic E-state index is 12.0. The Morgan fingerprint density at radius 3 is 2.57 bits per heavy atom. The van der Waals surface area contributed by atoms with E-state index in [9.17, 15) is 4.79 Å². The maximum atomic E-state index is 12.0. The molecule has 0 aliphatic heterocycles. The van der Waals surface area contributed by atoms with Crippen molar-refractivity contribution in [3.8, 4) is 0 Å². The quantitative estimate of drug-likeness (QED) is 0.577. The number of carbonyl (C=O) groups is 1. The lowest BCUT2D eigenvalue weighted by molar-refractivity contribution is 0.102. The van der Waals surface area contributed by atoms with Crippen molar-refractivity contribution in [3.63, 3.8) is 0 Å². The lowest BCUT2D eigenvalue weighted by atomic mass is 10.1.